The van der Waals surface area contributed by atoms with Crippen LogP contribution in [0.25, 0.3) is 4.96 Å². The second-order valence-corrected chi connectivity index (χ2v) is 5.38. The maximum Gasteiger partial charge on any atom is 0.357 e. The summed E-state index contributed by atoms with van der Waals surface area (Å²) in [4.78, 5) is 29.6. The van der Waals surface area contributed by atoms with E-state index >= 15 is 0 Å². The van der Waals surface area contributed by atoms with Gasteiger partial charge in [0, 0.05) is 20.2 Å². The minimum absolute atomic E-state index is 0.112. The molecule has 2 aromatic heterocycles. The van der Waals surface area contributed by atoms with Crippen LogP contribution in [0, 0.1) is 0 Å². The highest BCUT2D eigenvalue weighted by Crippen LogP contribution is 2.20. The highest BCUT2D eigenvalue weighted by atomic mass is 32.1. The molecular formula is C12H16N4O3S. The van der Waals surface area contributed by atoms with Crippen molar-refractivity contribution in [1.29, 1.82) is 0 Å². The van der Waals surface area contributed by atoms with Crippen LogP contribution >= 0.6 is 11.3 Å². The summed E-state index contributed by atoms with van der Waals surface area (Å²) < 4.78 is 6.48. The van der Waals surface area contributed by atoms with Crippen LogP contribution in [0.15, 0.2) is 10.9 Å². The van der Waals surface area contributed by atoms with E-state index < -0.39 is 11.5 Å². The zero-order chi connectivity index (χ0) is 14.7. The Labute approximate surface area is 119 Å². The quantitative estimate of drug-likeness (QED) is 0.609. The molecule has 0 spiro atoms. The Kier molecular flexibility index (Phi) is 4.33. The van der Waals surface area contributed by atoms with Crippen molar-refractivity contribution in [1.82, 2.24) is 14.6 Å². The number of rotatable bonds is 5. The molecule has 108 valence electrons. The van der Waals surface area contributed by atoms with Crippen molar-refractivity contribution >= 4 is 27.4 Å². The zero-order valence-corrected chi connectivity index (χ0v) is 12.4. The molecule has 0 N–H and O–H groups in total. The standard InChI is InChI=1S/C12H16N4O3S/c1-4-5-6-19-10(18)8-7-9(17)13-11-16(8)14-12(20-11)15(2)3/h7H,4-6H2,1-3H3. The minimum atomic E-state index is -0.552. The predicted molar refractivity (Wildman–Crippen MR) is 76.7 cm³/mol. The summed E-state index contributed by atoms with van der Waals surface area (Å²) >= 11 is 1.24. The van der Waals surface area contributed by atoms with Gasteiger partial charge in [-0.15, -0.1) is 5.10 Å². The van der Waals surface area contributed by atoms with E-state index in [0.29, 0.717) is 16.7 Å². The van der Waals surface area contributed by atoms with E-state index in [1.54, 1.807) is 4.90 Å². The van der Waals surface area contributed by atoms with E-state index in [1.807, 2.05) is 21.0 Å². The fourth-order valence-electron chi connectivity index (χ4n) is 1.51. The van der Waals surface area contributed by atoms with Gasteiger partial charge in [0.2, 0.25) is 10.1 Å². The predicted octanol–water partition coefficient (Wildman–Crippen LogP) is 1.17. The first-order chi connectivity index (χ1) is 9.52. The van der Waals surface area contributed by atoms with Crippen LogP contribution in [0.1, 0.15) is 30.3 Å². The summed E-state index contributed by atoms with van der Waals surface area (Å²) in [5, 5.41) is 4.92. The van der Waals surface area contributed by atoms with Gasteiger partial charge in [-0.05, 0) is 6.42 Å². The lowest BCUT2D eigenvalue weighted by Crippen LogP contribution is -2.18. The first kappa shape index (κ1) is 14.4. The lowest BCUT2D eigenvalue weighted by atomic mass is 10.3. The van der Waals surface area contributed by atoms with Gasteiger partial charge in [0.05, 0.1) is 6.61 Å². The molecule has 0 amide bonds. The highest BCUT2D eigenvalue weighted by Gasteiger charge is 2.17. The molecular weight excluding hydrogens is 280 g/mol. The van der Waals surface area contributed by atoms with Gasteiger partial charge >= 0.3 is 5.97 Å². The van der Waals surface area contributed by atoms with Crippen LogP contribution in [0.4, 0.5) is 5.13 Å². The van der Waals surface area contributed by atoms with Gasteiger partial charge in [-0.1, -0.05) is 24.7 Å². The Bertz CT molecular complexity index is 677. The number of ether oxygens (including phenoxy) is 1. The van der Waals surface area contributed by atoms with Gasteiger partial charge in [0.25, 0.3) is 5.56 Å². The summed E-state index contributed by atoms with van der Waals surface area (Å²) in [6, 6.07) is 1.15. The summed E-state index contributed by atoms with van der Waals surface area (Å²) in [5.74, 6) is -0.552. The fourth-order valence-corrected chi connectivity index (χ4v) is 2.34. The van der Waals surface area contributed by atoms with Crippen LogP contribution in [-0.2, 0) is 4.74 Å². The first-order valence-electron chi connectivity index (χ1n) is 6.28. The first-order valence-corrected chi connectivity index (χ1v) is 7.10. The molecule has 2 rings (SSSR count). The van der Waals surface area contributed by atoms with Crippen molar-refractivity contribution in [2.45, 2.75) is 19.8 Å². The highest BCUT2D eigenvalue weighted by molar-refractivity contribution is 7.20. The molecule has 0 saturated heterocycles. The van der Waals surface area contributed by atoms with E-state index in [2.05, 4.69) is 10.1 Å². The molecule has 0 aliphatic carbocycles. The molecule has 0 aromatic carbocycles. The van der Waals surface area contributed by atoms with Gasteiger partial charge in [-0.2, -0.15) is 9.50 Å². The number of anilines is 1. The molecule has 0 fully saturated rings. The number of hydrogen-bond donors (Lipinski definition) is 0. The number of unbranched alkanes of at least 4 members (excludes halogenated alkanes) is 1. The topological polar surface area (TPSA) is 76.8 Å². The van der Waals surface area contributed by atoms with Crippen molar-refractivity contribution in [3.05, 3.63) is 22.1 Å². The third kappa shape index (κ3) is 2.96. The van der Waals surface area contributed by atoms with Crippen molar-refractivity contribution in [3.63, 3.8) is 0 Å². The Hall–Kier alpha value is -1.96. The molecule has 0 unspecified atom stereocenters. The third-order valence-corrected chi connectivity index (χ3v) is 3.64. The number of carbonyl (C=O) groups is 1. The SMILES string of the molecule is CCCCOC(=O)c1cc(=O)nc2sc(N(C)C)nn12. The van der Waals surface area contributed by atoms with E-state index in [1.165, 1.54) is 15.9 Å². The van der Waals surface area contributed by atoms with Gasteiger partial charge in [0.1, 0.15) is 0 Å². The smallest absolute Gasteiger partial charge is 0.357 e. The van der Waals surface area contributed by atoms with E-state index in [9.17, 15) is 9.59 Å². The van der Waals surface area contributed by atoms with E-state index in [4.69, 9.17) is 4.74 Å². The van der Waals surface area contributed by atoms with Gasteiger partial charge in [-0.3, -0.25) is 4.79 Å². The average molecular weight is 296 g/mol. The zero-order valence-electron chi connectivity index (χ0n) is 11.6. The molecule has 0 aliphatic heterocycles. The second-order valence-electron chi connectivity index (χ2n) is 4.44. The molecule has 7 nitrogen and oxygen atoms in total. The number of esters is 1. The van der Waals surface area contributed by atoms with E-state index in [0.717, 1.165) is 18.9 Å². The Morgan fingerprint density at radius 3 is 2.90 bits per heavy atom. The normalized spacial score (nSPS) is 10.8. The van der Waals surface area contributed by atoms with Crippen molar-refractivity contribution in [2.24, 2.45) is 0 Å². The molecule has 8 heteroatoms. The maximum absolute atomic E-state index is 12.0. The van der Waals surface area contributed by atoms with Crippen molar-refractivity contribution < 1.29 is 9.53 Å². The van der Waals surface area contributed by atoms with Gasteiger partial charge in [-0.25, -0.2) is 4.79 Å². The number of aromatic nitrogens is 3. The monoisotopic (exact) mass is 296 g/mol. The summed E-state index contributed by atoms with van der Waals surface area (Å²) in [7, 11) is 3.66. The van der Waals surface area contributed by atoms with Crippen LogP contribution in [0.3, 0.4) is 0 Å². The largest absolute Gasteiger partial charge is 0.461 e. The summed E-state index contributed by atoms with van der Waals surface area (Å²) in [6.45, 7) is 2.34. The van der Waals surface area contributed by atoms with Crippen molar-refractivity contribution in [2.75, 3.05) is 25.6 Å². The van der Waals surface area contributed by atoms with Crippen LogP contribution in [0.5, 0.6) is 0 Å². The number of hydrogen-bond acceptors (Lipinski definition) is 7. The van der Waals surface area contributed by atoms with Crippen LogP contribution in [0.2, 0.25) is 0 Å². The van der Waals surface area contributed by atoms with Crippen LogP contribution < -0.4 is 10.5 Å². The Morgan fingerprint density at radius 2 is 2.25 bits per heavy atom. The Morgan fingerprint density at radius 1 is 1.50 bits per heavy atom. The van der Waals surface area contributed by atoms with Gasteiger partial charge < -0.3 is 9.64 Å². The lowest BCUT2D eigenvalue weighted by molar-refractivity contribution is 0.0489. The number of nitrogens with zero attached hydrogens (tertiary/aromatic N) is 4. The molecule has 0 radical (unpaired) electrons. The molecule has 0 aliphatic rings. The second kappa shape index (κ2) is 6.00. The van der Waals surface area contributed by atoms with E-state index in [-0.39, 0.29) is 5.69 Å². The number of fused-ring (bicyclic) bond motifs is 1. The maximum atomic E-state index is 12.0. The summed E-state index contributed by atoms with van der Waals surface area (Å²) in [5.41, 5.74) is -0.359. The fraction of sp³-hybridized carbons (Fsp3) is 0.500. The minimum Gasteiger partial charge on any atom is -0.461 e. The molecule has 0 bridgehead atoms. The Balaban J connectivity index is 2.41. The molecule has 0 atom stereocenters. The molecule has 20 heavy (non-hydrogen) atoms. The van der Waals surface area contributed by atoms with Crippen molar-refractivity contribution in [3.8, 4) is 0 Å². The number of carbonyl (C=O) groups excluding carboxylic acids is 1. The molecule has 0 saturated carbocycles. The molecule has 2 heterocycles. The van der Waals surface area contributed by atoms with Gasteiger partial charge in [0.15, 0.2) is 5.69 Å². The molecule has 2 aromatic rings. The third-order valence-electron chi connectivity index (χ3n) is 2.57. The summed E-state index contributed by atoms with van der Waals surface area (Å²) in [6.07, 6.45) is 1.72. The average Bonchev–Trinajstić information content (AvgIpc) is 2.81. The van der Waals surface area contributed by atoms with Crippen LogP contribution in [-0.4, -0.2) is 41.3 Å². The lowest BCUT2D eigenvalue weighted by Gasteiger charge is -2.05.